The fourth-order valence-corrected chi connectivity index (χ4v) is 2.85. The van der Waals surface area contributed by atoms with E-state index >= 15 is 0 Å². The third kappa shape index (κ3) is 6.20. The number of rotatable bonds is 10. The van der Waals surface area contributed by atoms with E-state index < -0.39 is 5.97 Å². The largest absolute Gasteiger partial charge is 0.481 e. The Morgan fingerprint density at radius 1 is 1.21 bits per heavy atom. The summed E-state index contributed by atoms with van der Waals surface area (Å²) in [6, 6.07) is 9.21. The lowest BCUT2D eigenvalue weighted by atomic mass is 10.0. The Bertz CT molecular complexity index is 543. The first kappa shape index (κ1) is 18.3. The molecule has 1 aliphatic carbocycles. The second-order valence-electron chi connectivity index (χ2n) is 6.62. The standard InChI is InChI=1S/C18H26N2O4/c21-11-10-18(8-9-18)13-19-17(24)20-15(6-7-16(22)23)12-14-4-2-1-3-5-14/h1-5,15,21H,6-13H2,(H,22,23)(H2,19,20,24). The summed E-state index contributed by atoms with van der Waals surface area (Å²) in [6.07, 6.45) is 3.77. The van der Waals surface area contributed by atoms with E-state index in [1.807, 2.05) is 30.3 Å². The smallest absolute Gasteiger partial charge is 0.315 e. The summed E-state index contributed by atoms with van der Waals surface area (Å²) in [5.41, 5.74) is 1.12. The second-order valence-corrected chi connectivity index (χ2v) is 6.62. The molecule has 1 unspecified atom stereocenters. The van der Waals surface area contributed by atoms with Crippen LogP contribution in [-0.2, 0) is 11.2 Å². The van der Waals surface area contributed by atoms with Crippen LogP contribution >= 0.6 is 0 Å². The minimum atomic E-state index is -0.866. The lowest BCUT2D eigenvalue weighted by molar-refractivity contribution is -0.137. The van der Waals surface area contributed by atoms with Crippen LogP contribution < -0.4 is 10.6 Å². The molecule has 1 atom stereocenters. The van der Waals surface area contributed by atoms with Crippen LogP contribution in [0.15, 0.2) is 30.3 Å². The molecule has 6 nitrogen and oxygen atoms in total. The number of nitrogens with one attached hydrogen (secondary N) is 2. The molecule has 0 aliphatic heterocycles. The van der Waals surface area contributed by atoms with Crippen molar-refractivity contribution < 1.29 is 19.8 Å². The first-order chi connectivity index (χ1) is 11.5. The van der Waals surface area contributed by atoms with Crippen LogP contribution in [0.5, 0.6) is 0 Å². The van der Waals surface area contributed by atoms with Gasteiger partial charge in [0.1, 0.15) is 0 Å². The van der Waals surface area contributed by atoms with E-state index in [0.29, 0.717) is 25.8 Å². The number of aliphatic hydroxyl groups excluding tert-OH is 1. The highest BCUT2D eigenvalue weighted by Gasteiger charge is 2.41. The lowest BCUT2D eigenvalue weighted by Crippen LogP contribution is -2.45. The molecule has 24 heavy (non-hydrogen) atoms. The summed E-state index contributed by atoms with van der Waals surface area (Å²) in [4.78, 5) is 23.0. The van der Waals surface area contributed by atoms with Gasteiger partial charge >= 0.3 is 12.0 Å². The number of amides is 2. The summed E-state index contributed by atoms with van der Waals surface area (Å²) in [7, 11) is 0. The molecule has 0 bridgehead atoms. The molecule has 4 N–H and O–H groups in total. The van der Waals surface area contributed by atoms with Gasteiger partial charge in [-0.1, -0.05) is 30.3 Å². The van der Waals surface area contributed by atoms with Crippen LogP contribution in [0.2, 0.25) is 0 Å². The molecule has 0 heterocycles. The Hall–Kier alpha value is -2.08. The summed E-state index contributed by atoms with van der Waals surface area (Å²) in [6.45, 7) is 0.689. The number of hydrogen-bond donors (Lipinski definition) is 4. The molecule has 0 spiro atoms. The molecule has 132 valence electrons. The Kier molecular flexibility index (Phi) is 6.61. The SMILES string of the molecule is O=C(O)CCC(Cc1ccccc1)NC(=O)NCC1(CCO)CC1. The fourth-order valence-electron chi connectivity index (χ4n) is 2.85. The highest BCUT2D eigenvalue weighted by atomic mass is 16.4. The number of aliphatic hydroxyl groups is 1. The molecule has 0 aromatic heterocycles. The first-order valence-electron chi connectivity index (χ1n) is 8.44. The van der Waals surface area contributed by atoms with Crippen molar-refractivity contribution >= 4 is 12.0 Å². The van der Waals surface area contributed by atoms with Crippen LogP contribution in [0.1, 0.15) is 37.7 Å². The van der Waals surface area contributed by atoms with Crippen LogP contribution in [-0.4, -0.2) is 41.4 Å². The second kappa shape index (κ2) is 8.68. The van der Waals surface area contributed by atoms with E-state index in [1.54, 1.807) is 0 Å². The van der Waals surface area contributed by atoms with E-state index in [9.17, 15) is 9.59 Å². The Morgan fingerprint density at radius 2 is 1.92 bits per heavy atom. The zero-order valence-corrected chi connectivity index (χ0v) is 13.8. The van der Waals surface area contributed by atoms with E-state index in [4.69, 9.17) is 10.2 Å². The molecule has 0 saturated heterocycles. The van der Waals surface area contributed by atoms with Crippen molar-refractivity contribution in [2.24, 2.45) is 5.41 Å². The maximum atomic E-state index is 12.1. The molecule has 2 rings (SSSR count). The molecule has 0 radical (unpaired) electrons. The zero-order valence-electron chi connectivity index (χ0n) is 13.8. The average Bonchev–Trinajstić information content (AvgIpc) is 3.32. The van der Waals surface area contributed by atoms with Crippen molar-refractivity contribution in [2.45, 2.75) is 44.6 Å². The van der Waals surface area contributed by atoms with Crippen LogP contribution in [0.4, 0.5) is 4.79 Å². The van der Waals surface area contributed by atoms with Crippen molar-refractivity contribution in [2.75, 3.05) is 13.2 Å². The Morgan fingerprint density at radius 3 is 2.50 bits per heavy atom. The van der Waals surface area contributed by atoms with Gasteiger partial charge in [0.2, 0.25) is 0 Å². The van der Waals surface area contributed by atoms with E-state index in [1.165, 1.54) is 0 Å². The van der Waals surface area contributed by atoms with Gasteiger partial charge in [0.05, 0.1) is 0 Å². The number of carbonyl (C=O) groups excluding carboxylic acids is 1. The number of carboxylic acid groups (broad SMARTS) is 1. The van der Waals surface area contributed by atoms with Gasteiger partial charge < -0.3 is 20.8 Å². The van der Waals surface area contributed by atoms with Gasteiger partial charge in [-0.25, -0.2) is 4.79 Å². The highest BCUT2D eigenvalue weighted by molar-refractivity contribution is 5.74. The van der Waals surface area contributed by atoms with Crippen molar-refractivity contribution in [3.8, 4) is 0 Å². The average molecular weight is 334 g/mol. The molecule has 2 amide bonds. The van der Waals surface area contributed by atoms with Gasteiger partial charge in [0.25, 0.3) is 0 Å². The zero-order chi connectivity index (χ0) is 17.4. The quantitative estimate of drug-likeness (QED) is 0.525. The molecule has 1 saturated carbocycles. The summed E-state index contributed by atoms with van der Waals surface area (Å²) < 4.78 is 0. The first-order valence-corrected chi connectivity index (χ1v) is 8.44. The molecule has 1 aliphatic rings. The lowest BCUT2D eigenvalue weighted by Gasteiger charge is -2.20. The van der Waals surface area contributed by atoms with E-state index in [2.05, 4.69) is 10.6 Å². The number of aliphatic carboxylic acids is 1. The molecule has 1 aromatic carbocycles. The van der Waals surface area contributed by atoms with Gasteiger partial charge in [0.15, 0.2) is 0 Å². The van der Waals surface area contributed by atoms with Crippen molar-refractivity contribution in [3.05, 3.63) is 35.9 Å². The van der Waals surface area contributed by atoms with Crippen molar-refractivity contribution in [3.63, 3.8) is 0 Å². The monoisotopic (exact) mass is 334 g/mol. The molecular formula is C18H26N2O4. The fraction of sp³-hybridized carbons (Fsp3) is 0.556. The van der Waals surface area contributed by atoms with Crippen LogP contribution in [0.3, 0.4) is 0 Å². The van der Waals surface area contributed by atoms with Crippen LogP contribution in [0.25, 0.3) is 0 Å². The minimum Gasteiger partial charge on any atom is -0.481 e. The third-order valence-electron chi connectivity index (χ3n) is 4.59. The molecule has 1 aromatic rings. The normalized spacial score (nSPS) is 16.2. The number of urea groups is 1. The predicted octanol–water partition coefficient (Wildman–Crippen LogP) is 1.92. The summed E-state index contributed by atoms with van der Waals surface area (Å²) >= 11 is 0. The maximum absolute atomic E-state index is 12.1. The van der Waals surface area contributed by atoms with Gasteiger partial charge in [-0.2, -0.15) is 0 Å². The van der Waals surface area contributed by atoms with Gasteiger partial charge in [-0.05, 0) is 43.1 Å². The number of benzene rings is 1. The van der Waals surface area contributed by atoms with E-state index in [0.717, 1.165) is 18.4 Å². The summed E-state index contributed by atoms with van der Waals surface area (Å²) in [5, 5.41) is 23.7. The van der Waals surface area contributed by atoms with E-state index in [-0.39, 0.29) is 30.5 Å². The van der Waals surface area contributed by atoms with Crippen molar-refractivity contribution in [1.29, 1.82) is 0 Å². The Labute approximate surface area is 142 Å². The number of carbonyl (C=O) groups is 2. The van der Waals surface area contributed by atoms with Gasteiger partial charge in [-0.15, -0.1) is 0 Å². The third-order valence-corrected chi connectivity index (χ3v) is 4.59. The minimum absolute atomic E-state index is 0.0201. The summed E-state index contributed by atoms with van der Waals surface area (Å²) in [5.74, 6) is -0.866. The highest BCUT2D eigenvalue weighted by Crippen LogP contribution is 2.47. The van der Waals surface area contributed by atoms with Gasteiger partial charge in [-0.3, -0.25) is 4.79 Å². The molecule has 6 heteroatoms. The topological polar surface area (TPSA) is 98.7 Å². The van der Waals surface area contributed by atoms with Crippen molar-refractivity contribution in [1.82, 2.24) is 10.6 Å². The van der Waals surface area contributed by atoms with Crippen LogP contribution in [0, 0.1) is 5.41 Å². The Balaban J connectivity index is 1.84. The predicted molar refractivity (Wildman–Crippen MR) is 90.7 cm³/mol. The van der Waals surface area contributed by atoms with Gasteiger partial charge in [0, 0.05) is 25.6 Å². The molecular weight excluding hydrogens is 308 g/mol. The molecule has 1 fully saturated rings. The number of carboxylic acids is 1. The number of hydrogen-bond acceptors (Lipinski definition) is 3. The maximum Gasteiger partial charge on any atom is 0.315 e.